The molecular formula is C26H25N3O4S. The van der Waals surface area contributed by atoms with Crippen LogP contribution in [0.25, 0.3) is 0 Å². The van der Waals surface area contributed by atoms with Crippen molar-refractivity contribution in [2.24, 2.45) is 0 Å². The number of nitrogens with one attached hydrogen (secondary N) is 2. The quantitative estimate of drug-likeness (QED) is 0.319. The highest BCUT2D eigenvalue weighted by atomic mass is 32.1. The molecule has 34 heavy (non-hydrogen) atoms. The van der Waals surface area contributed by atoms with Gasteiger partial charge in [0, 0.05) is 23.7 Å². The molecule has 3 aromatic carbocycles. The number of hydrogen-bond acceptors (Lipinski definition) is 7. The molecule has 1 aromatic heterocycles. The molecule has 0 saturated carbocycles. The number of carbonyl (C=O) groups is 1. The highest BCUT2D eigenvalue weighted by molar-refractivity contribution is 7.14. The van der Waals surface area contributed by atoms with Crippen LogP contribution in [0.2, 0.25) is 0 Å². The third-order valence-corrected chi connectivity index (χ3v) is 5.75. The van der Waals surface area contributed by atoms with Crippen molar-refractivity contribution in [3.63, 3.8) is 0 Å². The fraction of sp³-hybridized carbons (Fsp3) is 0.154. The normalized spacial score (nSPS) is 10.4. The van der Waals surface area contributed by atoms with Gasteiger partial charge in [-0.15, -0.1) is 11.3 Å². The van der Waals surface area contributed by atoms with E-state index < -0.39 is 0 Å². The van der Waals surface area contributed by atoms with E-state index in [2.05, 4.69) is 15.6 Å². The number of ether oxygens (including phenoxy) is 3. The number of thiazole rings is 1. The molecule has 174 valence electrons. The summed E-state index contributed by atoms with van der Waals surface area (Å²) in [5, 5.41) is 8.42. The van der Waals surface area contributed by atoms with Crippen molar-refractivity contribution in [3.8, 4) is 17.2 Å². The predicted molar refractivity (Wildman–Crippen MR) is 133 cm³/mol. The first-order valence-electron chi connectivity index (χ1n) is 10.6. The van der Waals surface area contributed by atoms with Crippen molar-refractivity contribution >= 4 is 28.1 Å². The average molecular weight is 476 g/mol. The smallest absolute Gasteiger partial charge is 0.271 e. The minimum atomic E-state index is -0.235. The Morgan fingerprint density at radius 1 is 0.912 bits per heavy atom. The molecule has 0 aliphatic rings. The zero-order valence-corrected chi connectivity index (χ0v) is 19.7. The third-order valence-electron chi connectivity index (χ3n) is 5.00. The van der Waals surface area contributed by atoms with Crippen LogP contribution in [0, 0.1) is 0 Å². The number of methoxy groups -OCH3 is 2. The van der Waals surface area contributed by atoms with Gasteiger partial charge < -0.3 is 24.8 Å². The summed E-state index contributed by atoms with van der Waals surface area (Å²) in [4.78, 5) is 16.9. The lowest BCUT2D eigenvalue weighted by Crippen LogP contribution is -2.23. The van der Waals surface area contributed by atoms with E-state index in [1.54, 1.807) is 25.7 Å². The first kappa shape index (κ1) is 23.1. The molecule has 0 saturated heterocycles. The Balaban J connectivity index is 1.28. The van der Waals surface area contributed by atoms with Crippen LogP contribution in [-0.4, -0.2) is 25.1 Å². The van der Waals surface area contributed by atoms with E-state index in [4.69, 9.17) is 14.2 Å². The van der Waals surface area contributed by atoms with Gasteiger partial charge in [0.2, 0.25) is 0 Å². The Kier molecular flexibility index (Phi) is 7.62. The summed E-state index contributed by atoms with van der Waals surface area (Å²) in [7, 11) is 3.17. The average Bonchev–Trinajstić information content (AvgIpc) is 3.35. The van der Waals surface area contributed by atoms with Crippen LogP contribution in [0.4, 0.5) is 10.8 Å². The topological polar surface area (TPSA) is 81.7 Å². The van der Waals surface area contributed by atoms with Gasteiger partial charge in [-0.3, -0.25) is 4.79 Å². The summed E-state index contributed by atoms with van der Waals surface area (Å²) >= 11 is 1.35. The summed E-state index contributed by atoms with van der Waals surface area (Å²) < 4.78 is 16.4. The zero-order chi connectivity index (χ0) is 23.8. The number of carbonyl (C=O) groups excluding carboxylic acids is 1. The first-order valence-corrected chi connectivity index (χ1v) is 11.5. The number of anilines is 2. The Hall–Kier alpha value is -4.04. The molecule has 1 heterocycles. The zero-order valence-electron chi connectivity index (χ0n) is 18.9. The van der Waals surface area contributed by atoms with Gasteiger partial charge >= 0.3 is 0 Å². The molecule has 8 heteroatoms. The highest BCUT2D eigenvalue weighted by Gasteiger charge is 2.12. The molecule has 1 amide bonds. The molecule has 2 N–H and O–H groups in total. The molecular weight excluding hydrogens is 450 g/mol. The van der Waals surface area contributed by atoms with Crippen LogP contribution < -0.4 is 24.8 Å². The summed E-state index contributed by atoms with van der Waals surface area (Å²) in [6.45, 7) is 0.911. The summed E-state index contributed by atoms with van der Waals surface area (Å²) in [6.07, 6.45) is 0. The van der Waals surface area contributed by atoms with E-state index in [1.807, 2.05) is 66.7 Å². The van der Waals surface area contributed by atoms with Crippen LogP contribution in [0.5, 0.6) is 17.2 Å². The van der Waals surface area contributed by atoms with Crippen molar-refractivity contribution in [1.82, 2.24) is 10.3 Å². The fourth-order valence-electron chi connectivity index (χ4n) is 3.19. The van der Waals surface area contributed by atoms with Crippen molar-refractivity contribution in [3.05, 3.63) is 95.0 Å². The summed E-state index contributed by atoms with van der Waals surface area (Å²) in [5.41, 5.74) is 3.23. The van der Waals surface area contributed by atoms with E-state index in [0.717, 1.165) is 22.6 Å². The standard InChI is InChI=1S/C26H25N3O4S/c1-31-23-13-10-20(14-24(23)32-2)28-26-29-22(17-34-26)25(30)27-15-18-8-11-21(12-9-18)33-16-19-6-4-3-5-7-19/h3-14,17H,15-16H2,1-2H3,(H,27,30)(H,28,29). The van der Waals surface area contributed by atoms with Gasteiger partial charge in [-0.25, -0.2) is 4.98 Å². The lowest BCUT2D eigenvalue weighted by molar-refractivity contribution is 0.0946. The second-order valence-electron chi connectivity index (χ2n) is 7.33. The number of hydrogen-bond donors (Lipinski definition) is 2. The second-order valence-corrected chi connectivity index (χ2v) is 8.19. The van der Waals surface area contributed by atoms with Gasteiger partial charge in [0.25, 0.3) is 5.91 Å². The van der Waals surface area contributed by atoms with Gasteiger partial charge in [0.05, 0.1) is 14.2 Å². The van der Waals surface area contributed by atoms with Crippen LogP contribution >= 0.6 is 11.3 Å². The Bertz CT molecular complexity index is 1230. The lowest BCUT2D eigenvalue weighted by atomic mass is 10.2. The Labute approximate surface area is 202 Å². The molecule has 0 fully saturated rings. The SMILES string of the molecule is COc1ccc(Nc2nc(C(=O)NCc3ccc(OCc4ccccc4)cc3)cs2)cc1OC. The van der Waals surface area contributed by atoms with Crippen molar-refractivity contribution in [1.29, 1.82) is 0 Å². The maximum absolute atomic E-state index is 12.5. The van der Waals surface area contributed by atoms with E-state index in [-0.39, 0.29) is 5.91 Å². The Morgan fingerprint density at radius 3 is 2.41 bits per heavy atom. The molecule has 0 aliphatic carbocycles. The molecule has 4 rings (SSSR count). The monoisotopic (exact) mass is 475 g/mol. The lowest BCUT2D eigenvalue weighted by Gasteiger charge is -2.09. The molecule has 0 bridgehead atoms. The molecule has 0 spiro atoms. The Morgan fingerprint density at radius 2 is 1.68 bits per heavy atom. The number of aromatic nitrogens is 1. The molecule has 0 atom stereocenters. The highest BCUT2D eigenvalue weighted by Crippen LogP contribution is 2.31. The van der Waals surface area contributed by atoms with Crippen molar-refractivity contribution in [2.75, 3.05) is 19.5 Å². The molecule has 0 unspecified atom stereocenters. The third kappa shape index (κ3) is 6.05. The van der Waals surface area contributed by atoms with Gasteiger partial charge in [-0.05, 0) is 35.4 Å². The van der Waals surface area contributed by atoms with Gasteiger partial charge in [-0.2, -0.15) is 0 Å². The van der Waals surface area contributed by atoms with E-state index in [9.17, 15) is 4.79 Å². The minimum absolute atomic E-state index is 0.235. The summed E-state index contributed by atoms with van der Waals surface area (Å²) in [6, 6.07) is 23.2. The minimum Gasteiger partial charge on any atom is -0.493 e. The maximum Gasteiger partial charge on any atom is 0.271 e. The van der Waals surface area contributed by atoms with Crippen LogP contribution in [0.15, 0.2) is 78.2 Å². The number of amides is 1. The van der Waals surface area contributed by atoms with E-state index in [0.29, 0.717) is 35.5 Å². The molecule has 4 aromatic rings. The predicted octanol–water partition coefficient (Wildman–Crippen LogP) is 5.41. The number of benzene rings is 3. The largest absolute Gasteiger partial charge is 0.493 e. The molecule has 0 radical (unpaired) electrons. The summed E-state index contributed by atoms with van der Waals surface area (Å²) in [5.74, 6) is 1.80. The second kappa shape index (κ2) is 11.2. The molecule has 0 aliphatic heterocycles. The first-order chi connectivity index (χ1) is 16.6. The van der Waals surface area contributed by atoms with E-state index >= 15 is 0 Å². The van der Waals surface area contributed by atoms with Gasteiger partial charge in [0.1, 0.15) is 18.1 Å². The van der Waals surface area contributed by atoms with Gasteiger partial charge in [0.15, 0.2) is 16.6 Å². The van der Waals surface area contributed by atoms with Crippen molar-refractivity contribution in [2.45, 2.75) is 13.2 Å². The van der Waals surface area contributed by atoms with Crippen molar-refractivity contribution < 1.29 is 19.0 Å². The van der Waals surface area contributed by atoms with Gasteiger partial charge in [-0.1, -0.05) is 42.5 Å². The number of rotatable bonds is 10. The number of nitrogens with zero attached hydrogens (tertiary/aromatic N) is 1. The van der Waals surface area contributed by atoms with E-state index in [1.165, 1.54) is 11.3 Å². The van der Waals surface area contributed by atoms with Crippen LogP contribution in [0.3, 0.4) is 0 Å². The van der Waals surface area contributed by atoms with Crippen LogP contribution in [-0.2, 0) is 13.2 Å². The fourth-order valence-corrected chi connectivity index (χ4v) is 3.90. The van der Waals surface area contributed by atoms with Crippen LogP contribution in [0.1, 0.15) is 21.6 Å². The molecule has 7 nitrogen and oxygen atoms in total. The maximum atomic E-state index is 12.5.